The van der Waals surface area contributed by atoms with Crippen molar-refractivity contribution in [1.82, 2.24) is 9.97 Å². The molecule has 0 unspecified atom stereocenters. The number of aromatic nitrogens is 2. The first-order chi connectivity index (χ1) is 13.0. The number of fused-ring (bicyclic) bond motifs is 3. The summed E-state index contributed by atoms with van der Waals surface area (Å²) in [7, 11) is 0. The molecule has 2 heterocycles. The van der Waals surface area contributed by atoms with Crippen molar-refractivity contribution in [2.75, 3.05) is 6.54 Å². The lowest BCUT2D eigenvalue weighted by atomic mass is 9.89. The predicted octanol–water partition coefficient (Wildman–Crippen LogP) is 3.28. The van der Waals surface area contributed by atoms with E-state index < -0.39 is 0 Å². The molecule has 0 aliphatic heterocycles. The lowest BCUT2D eigenvalue weighted by Gasteiger charge is -2.17. The molecule has 0 amide bonds. The van der Waals surface area contributed by atoms with Crippen LogP contribution in [0.15, 0.2) is 29.1 Å². The summed E-state index contributed by atoms with van der Waals surface area (Å²) >= 11 is 1.73. The molecule has 0 fully saturated rings. The van der Waals surface area contributed by atoms with Crippen molar-refractivity contribution >= 4 is 21.6 Å². The van der Waals surface area contributed by atoms with Gasteiger partial charge in [-0.25, -0.2) is 4.98 Å². The van der Waals surface area contributed by atoms with Crippen molar-refractivity contribution in [3.63, 3.8) is 0 Å². The Morgan fingerprint density at radius 1 is 1.37 bits per heavy atom. The third kappa shape index (κ3) is 3.71. The normalized spacial score (nSPS) is 17.8. The highest BCUT2D eigenvalue weighted by molar-refractivity contribution is 7.18. The molecule has 0 bridgehead atoms. The van der Waals surface area contributed by atoms with Crippen LogP contribution in [0, 0.1) is 12.8 Å². The van der Waals surface area contributed by atoms with Crippen LogP contribution in [0.25, 0.3) is 10.2 Å². The van der Waals surface area contributed by atoms with Gasteiger partial charge in [-0.1, -0.05) is 31.2 Å². The van der Waals surface area contributed by atoms with Gasteiger partial charge in [0.2, 0.25) is 0 Å². The molecule has 1 aromatic carbocycles. The SMILES string of the molecule is Cc1ccccc1CC[NH2+][C@H](C)c1nc2sc3c(c2c(=O)[nH]1)CC[C@H](C)C3. The van der Waals surface area contributed by atoms with Gasteiger partial charge in [0.1, 0.15) is 10.9 Å². The Hall–Kier alpha value is -1.98. The zero-order valence-electron chi connectivity index (χ0n) is 16.3. The molecule has 4 rings (SSSR count). The fraction of sp³-hybridized carbons (Fsp3) is 0.455. The molecule has 0 spiro atoms. The Kier molecular flexibility index (Phi) is 5.15. The summed E-state index contributed by atoms with van der Waals surface area (Å²) in [6.07, 6.45) is 4.29. The summed E-state index contributed by atoms with van der Waals surface area (Å²) < 4.78 is 0. The number of nitrogens with two attached hydrogens (primary N) is 1. The van der Waals surface area contributed by atoms with E-state index in [0.717, 1.165) is 41.8 Å². The average molecular weight is 383 g/mol. The number of nitrogens with one attached hydrogen (secondary N) is 1. The van der Waals surface area contributed by atoms with Gasteiger partial charge in [0.25, 0.3) is 5.56 Å². The molecule has 27 heavy (non-hydrogen) atoms. The van der Waals surface area contributed by atoms with Crippen LogP contribution in [-0.2, 0) is 19.3 Å². The topological polar surface area (TPSA) is 62.4 Å². The smallest absolute Gasteiger partial charge is 0.260 e. The predicted molar refractivity (Wildman–Crippen MR) is 112 cm³/mol. The maximum Gasteiger partial charge on any atom is 0.260 e. The number of thiophene rings is 1. The van der Waals surface area contributed by atoms with Crippen LogP contribution in [0.2, 0.25) is 0 Å². The van der Waals surface area contributed by atoms with Gasteiger partial charge in [-0.05, 0) is 55.7 Å². The first-order valence-electron chi connectivity index (χ1n) is 9.95. The van der Waals surface area contributed by atoms with E-state index >= 15 is 0 Å². The highest BCUT2D eigenvalue weighted by Gasteiger charge is 2.24. The van der Waals surface area contributed by atoms with Crippen molar-refractivity contribution < 1.29 is 5.32 Å². The molecule has 5 heteroatoms. The Bertz CT molecular complexity index is 1020. The maximum absolute atomic E-state index is 12.8. The van der Waals surface area contributed by atoms with Gasteiger partial charge in [-0.3, -0.25) is 4.79 Å². The van der Waals surface area contributed by atoms with E-state index in [4.69, 9.17) is 4.98 Å². The van der Waals surface area contributed by atoms with Crippen LogP contribution < -0.4 is 10.9 Å². The minimum atomic E-state index is 0.0428. The molecule has 142 valence electrons. The minimum Gasteiger partial charge on any atom is -0.337 e. The Balaban J connectivity index is 1.51. The van der Waals surface area contributed by atoms with Gasteiger partial charge in [0.15, 0.2) is 5.82 Å². The number of H-pyrrole nitrogens is 1. The molecule has 2 aromatic heterocycles. The average Bonchev–Trinajstić information content (AvgIpc) is 3.01. The Morgan fingerprint density at radius 3 is 3.00 bits per heavy atom. The molecule has 1 aliphatic carbocycles. The van der Waals surface area contributed by atoms with E-state index in [-0.39, 0.29) is 11.6 Å². The third-order valence-corrected chi connectivity index (χ3v) is 6.96. The number of quaternary nitrogens is 1. The summed E-state index contributed by atoms with van der Waals surface area (Å²) in [6.45, 7) is 7.55. The second kappa shape index (κ2) is 7.56. The second-order valence-electron chi connectivity index (χ2n) is 7.97. The largest absolute Gasteiger partial charge is 0.337 e. The molecule has 4 nitrogen and oxygen atoms in total. The lowest BCUT2D eigenvalue weighted by Crippen LogP contribution is -2.85. The number of nitrogens with zero attached hydrogens (tertiary/aromatic N) is 1. The molecule has 3 aromatic rings. The molecule has 1 aliphatic rings. The van der Waals surface area contributed by atoms with Gasteiger partial charge in [0.05, 0.1) is 11.9 Å². The van der Waals surface area contributed by atoms with Gasteiger partial charge in [0, 0.05) is 11.3 Å². The van der Waals surface area contributed by atoms with Crippen molar-refractivity contribution in [3.8, 4) is 0 Å². The summed E-state index contributed by atoms with van der Waals surface area (Å²) in [5.41, 5.74) is 4.02. The number of aryl methyl sites for hydroxylation is 2. The quantitative estimate of drug-likeness (QED) is 0.711. The zero-order valence-corrected chi connectivity index (χ0v) is 17.2. The van der Waals surface area contributed by atoms with E-state index in [1.54, 1.807) is 11.3 Å². The Labute approximate surface area is 164 Å². The maximum atomic E-state index is 12.8. The zero-order chi connectivity index (χ0) is 19.0. The fourth-order valence-corrected chi connectivity index (χ4v) is 5.46. The van der Waals surface area contributed by atoms with Crippen molar-refractivity contribution in [2.24, 2.45) is 5.92 Å². The molecular formula is C22H28N3OS+. The number of rotatable bonds is 5. The number of benzene rings is 1. The van der Waals surface area contributed by atoms with Crippen LogP contribution in [0.1, 0.15) is 53.7 Å². The highest BCUT2D eigenvalue weighted by atomic mass is 32.1. The minimum absolute atomic E-state index is 0.0428. The van der Waals surface area contributed by atoms with E-state index in [1.165, 1.54) is 28.0 Å². The van der Waals surface area contributed by atoms with Gasteiger partial charge < -0.3 is 10.3 Å². The Morgan fingerprint density at radius 2 is 2.19 bits per heavy atom. The monoisotopic (exact) mass is 382 g/mol. The van der Waals surface area contributed by atoms with E-state index in [0.29, 0.717) is 5.92 Å². The standard InChI is InChI=1S/C22H27N3OS/c1-13-8-9-17-18(12-13)27-22-19(17)21(26)24-20(25-22)15(3)23-11-10-16-7-5-4-6-14(16)2/h4-7,13,15,23H,8-12H2,1-3H3,(H,24,25,26)/p+1/t13-,15+/m0/s1. The van der Waals surface area contributed by atoms with Crippen LogP contribution >= 0.6 is 11.3 Å². The molecule has 0 saturated heterocycles. The highest BCUT2D eigenvalue weighted by Crippen LogP contribution is 2.35. The van der Waals surface area contributed by atoms with Crippen molar-refractivity contribution in [3.05, 3.63) is 62.0 Å². The number of aromatic amines is 1. The van der Waals surface area contributed by atoms with Crippen molar-refractivity contribution in [2.45, 2.75) is 52.5 Å². The van der Waals surface area contributed by atoms with Crippen molar-refractivity contribution in [1.29, 1.82) is 0 Å². The van der Waals surface area contributed by atoms with Gasteiger partial charge >= 0.3 is 0 Å². The summed E-state index contributed by atoms with van der Waals surface area (Å²) in [5.74, 6) is 1.50. The number of hydrogen-bond donors (Lipinski definition) is 2. The summed E-state index contributed by atoms with van der Waals surface area (Å²) in [4.78, 5) is 23.0. The second-order valence-corrected chi connectivity index (χ2v) is 9.06. The van der Waals surface area contributed by atoms with E-state index in [2.05, 4.69) is 55.3 Å². The van der Waals surface area contributed by atoms with Crippen LogP contribution in [0.4, 0.5) is 0 Å². The summed E-state index contributed by atoms with van der Waals surface area (Å²) in [5, 5.41) is 3.12. The fourth-order valence-electron chi connectivity index (χ4n) is 4.07. The van der Waals surface area contributed by atoms with Crippen LogP contribution in [0.5, 0.6) is 0 Å². The van der Waals surface area contributed by atoms with E-state index in [1.807, 2.05) is 0 Å². The van der Waals surface area contributed by atoms with Gasteiger partial charge in [-0.15, -0.1) is 11.3 Å². The first-order valence-corrected chi connectivity index (χ1v) is 10.8. The molecule has 2 atom stereocenters. The molecular weight excluding hydrogens is 354 g/mol. The molecule has 3 N–H and O–H groups in total. The number of hydrogen-bond acceptors (Lipinski definition) is 3. The molecule has 0 radical (unpaired) electrons. The first kappa shape index (κ1) is 18.4. The third-order valence-electron chi connectivity index (χ3n) is 5.81. The lowest BCUT2D eigenvalue weighted by molar-refractivity contribution is -0.693. The van der Waals surface area contributed by atoms with Crippen LogP contribution in [-0.4, -0.2) is 16.5 Å². The van der Waals surface area contributed by atoms with Gasteiger partial charge in [-0.2, -0.15) is 0 Å². The molecule has 0 saturated carbocycles. The van der Waals surface area contributed by atoms with E-state index in [9.17, 15) is 4.79 Å². The van der Waals surface area contributed by atoms with Crippen LogP contribution in [0.3, 0.4) is 0 Å². The summed E-state index contributed by atoms with van der Waals surface area (Å²) in [6, 6.07) is 8.67.